The van der Waals surface area contributed by atoms with Gasteiger partial charge in [0.25, 0.3) is 0 Å². The van der Waals surface area contributed by atoms with E-state index in [-0.39, 0.29) is 29.8 Å². The van der Waals surface area contributed by atoms with Crippen LogP contribution in [-0.2, 0) is 9.59 Å². The van der Waals surface area contributed by atoms with Crippen LogP contribution in [0.15, 0.2) is 24.3 Å². The van der Waals surface area contributed by atoms with Crippen molar-refractivity contribution in [1.82, 2.24) is 20.0 Å². The number of hydrogen-bond donors (Lipinski definition) is 1. The SMILES string of the molecule is CCNC(=O)N1CC(C(=O)N2CCN(C(C)=O)CC2)CCC1c1cccc(C)c1. The molecule has 0 bridgehead atoms. The summed E-state index contributed by atoms with van der Waals surface area (Å²) in [5.74, 6) is -0.0362. The highest BCUT2D eigenvalue weighted by molar-refractivity contribution is 5.82. The first-order valence-electron chi connectivity index (χ1n) is 10.6. The molecule has 0 aromatic heterocycles. The maximum atomic E-state index is 13.1. The molecule has 7 nitrogen and oxygen atoms in total. The molecule has 158 valence electrons. The van der Waals surface area contributed by atoms with Gasteiger partial charge in [-0.25, -0.2) is 4.79 Å². The van der Waals surface area contributed by atoms with Crippen LogP contribution in [0.4, 0.5) is 4.79 Å². The molecule has 1 aromatic rings. The summed E-state index contributed by atoms with van der Waals surface area (Å²) in [6.07, 6.45) is 1.53. The third-order valence-corrected chi connectivity index (χ3v) is 5.98. The van der Waals surface area contributed by atoms with Crippen LogP contribution in [-0.4, -0.2) is 71.8 Å². The minimum atomic E-state index is -0.192. The Morgan fingerprint density at radius 2 is 1.76 bits per heavy atom. The van der Waals surface area contributed by atoms with Gasteiger partial charge in [-0.3, -0.25) is 9.59 Å². The van der Waals surface area contributed by atoms with Crippen LogP contribution in [0.3, 0.4) is 0 Å². The van der Waals surface area contributed by atoms with Gasteiger partial charge in [0.05, 0.1) is 12.0 Å². The number of rotatable bonds is 3. The number of piperazine rings is 1. The topological polar surface area (TPSA) is 73.0 Å². The molecule has 2 aliphatic heterocycles. The molecule has 0 saturated carbocycles. The summed E-state index contributed by atoms with van der Waals surface area (Å²) in [7, 11) is 0. The summed E-state index contributed by atoms with van der Waals surface area (Å²) in [6.45, 7) is 8.80. The second-order valence-electron chi connectivity index (χ2n) is 8.02. The van der Waals surface area contributed by atoms with Crippen molar-refractivity contribution in [1.29, 1.82) is 0 Å². The fourth-order valence-electron chi connectivity index (χ4n) is 4.37. The highest BCUT2D eigenvalue weighted by Gasteiger charge is 2.37. The normalized spacial score (nSPS) is 22.4. The van der Waals surface area contributed by atoms with E-state index < -0.39 is 0 Å². The minimum absolute atomic E-state index is 0.0138. The molecule has 3 rings (SSSR count). The van der Waals surface area contributed by atoms with Gasteiger partial charge in [-0.05, 0) is 32.3 Å². The lowest BCUT2D eigenvalue weighted by molar-refractivity contribution is -0.142. The number of carbonyl (C=O) groups excluding carboxylic acids is 3. The smallest absolute Gasteiger partial charge is 0.317 e. The average Bonchev–Trinajstić information content (AvgIpc) is 2.73. The standard InChI is InChI=1S/C22H32N4O3/c1-4-23-22(29)26-15-19(8-9-20(26)18-7-5-6-16(2)14-18)21(28)25-12-10-24(11-13-25)17(3)27/h5-7,14,19-20H,4,8-13,15H2,1-3H3,(H,23,29). The van der Waals surface area contributed by atoms with Gasteiger partial charge in [-0.1, -0.05) is 29.8 Å². The summed E-state index contributed by atoms with van der Waals surface area (Å²) in [5, 5.41) is 2.90. The predicted molar refractivity (Wildman–Crippen MR) is 111 cm³/mol. The van der Waals surface area contributed by atoms with Gasteiger partial charge in [0.2, 0.25) is 11.8 Å². The fraction of sp³-hybridized carbons (Fsp3) is 0.591. The Morgan fingerprint density at radius 1 is 1.07 bits per heavy atom. The Kier molecular flexibility index (Phi) is 6.77. The second-order valence-corrected chi connectivity index (χ2v) is 8.02. The van der Waals surface area contributed by atoms with Gasteiger partial charge in [0.15, 0.2) is 0 Å². The minimum Gasteiger partial charge on any atom is -0.339 e. The maximum Gasteiger partial charge on any atom is 0.317 e. The summed E-state index contributed by atoms with van der Waals surface area (Å²) in [4.78, 5) is 42.9. The lowest BCUT2D eigenvalue weighted by Crippen LogP contribution is -2.55. The third kappa shape index (κ3) is 4.89. The molecule has 2 atom stereocenters. The van der Waals surface area contributed by atoms with Crippen molar-refractivity contribution >= 4 is 17.8 Å². The Morgan fingerprint density at radius 3 is 2.38 bits per heavy atom. The van der Waals surface area contributed by atoms with Gasteiger partial charge in [-0.15, -0.1) is 0 Å². The first-order valence-corrected chi connectivity index (χ1v) is 10.6. The van der Waals surface area contributed by atoms with Crippen molar-refractivity contribution in [3.8, 4) is 0 Å². The van der Waals surface area contributed by atoms with E-state index in [0.717, 1.165) is 18.4 Å². The van der Waals surface area contributed by atoms with E-state index in [1.807, 2.05) is 22.8 Å². The van der Waals surface area contributed by atoms with E-state index in [0.29, 0.717) is 39.3 Å². The molecule has 4 amide bonds. The summed E-state index contributed by atoms with van der Waals surface area (Å²) >= 11 is 0. The highest BCUT2D eigenvalue weighted by atomic mass is 16.2. The van der Waals surface area contributed by atoms with Crippen LogP contribution in [0.25, 0.3) is 0 Å². The lowest BCUT2D eigenvalue weighted by atomic mass is 9.87. The van der Waals surface area contributed by atoms with E-state index in [1.165, 1.54) is 5.56 Å². The molecular weight excluding hydrogens is 368 g/mol. The average molecular weight is 401 g/mol. The number of hydrogen-bond acceptors (Lipinski definition) is 3. The quantitative estimate of drug-likeness (QED) is 0.845. The molecule has 2 unspecified atom stereocenters. The van der Waals surface area contributed by atoms with Gasteiger partial charge >= 0.3 is 6.03 Å². The van der Waals surface area contributed by atoms with Crippen molar-refractivity contribution < 1.29 is 14.4 Å². The third-order valence-electron chi connectivity index (χ3n) is 5.98. The summed E-state index contributed by atoms with van der Waals surface area (Å²) in [6, 6.07) is 8.13. The first-order chi connectivity index (χ1) is 13.9. The zero-order chi connectivity index (χ0) is 21.0. The van der Waals surface area contributed by atoms with Gasteiger partial charge in [-0.2, -0.15) is 0 Å². The zero-order valence-corrected chi connectivity index (χ0v) is 17.7. The molecular formula is C22H32N4O3. The van der Waals surface area contributed by atoms with Crippen LogP contribution in [0.5, 0.6) is 0 Å². The summed E-state index contributed by atoms with van der Waals surface area (Å²) in [5.41, 5.74) is 2.29. The largest absolute Gasteiger partial charge is 0.339 e. The molecule has 2 aliphatic rings. The molecule has 2 fully saturated rings. The van der Waals surface area contributed by atoms with Crippen molar-refractivity contribution in [2.75, 3.05) is 39.3 Å². The number of benzene rings is 1. The molecule has 0 radical (unpaired) electrons. The number of piperidine rings is 1. The predicted octanol–water partition coefficient (Wildman–Crippen LogP) is 2.17. The van der Waals surface area contributed by atoms with Crippen LogP contribution in [0.1, 0.15) is 43.9 Å². The van der Waals surface area contributed by atoms with Gasteiger partial charge in [0.1, 0.15) is 0 Å². The Hall–Kier alpha value is -2.57. The molecule has 2 heterocycles. The van der Waals surface area contributed by atoms with Crippen molar-refractivity contribution in [3.05, 3.63) is 35.4 Å². The van der Waals surface area contributed by atoms with Crippen LogP contribution in [0, 0.1) is 12.8 Å². The molecule has 1 N–H and O–H groups in total. The van der Waals surface area contributed by atoms with Gasteiger partial charge in [0, 0.05) is 46.2 Å². The Balaban J connectivity index is 1.71. The zero-order valence-electron chi connectivity index (χ0n) is 17.7. The number of aryl methyl sites for hydroxylation is 1. The molecule has 1 aromatic carbocycles. The van der Waals surface area contributed by atoms with E-state index in [9.17, 15) is 14.4 Å². The molecule has 2 saturated heterocycles. The van der Waals surface area contributed by atoms with Crippen molar-refractivity contribution in [3.63, 3.8) is 0 Å². The Labute approximate surface area is 173 Å². The van der Waals surface area contributed by atoms with Crippen LogP contribution < -0.4 is 5.32 Å². The second kappa shape index (κ2) is 9.29. The van der Waals surface area contributed by atoms with E-state index >= 15 is 0 Å². The van der Waals surface area contributed by atoms with Crippen LogP contribution >= 0.6 is 0 Å². The van der Waals surface area contributed by atoms with E-state index in [4.69, 9.17) is 0 Å². The van der Waals surface area contributed by atoms with E-state index in [1.54, 1.807) is 11.8 Å². The van der Waals surface area contributed by atoms with Gasteiger partial charge < -0.3 is 20.0 Å². The molecule has 0 aliphatic carbocycles. The number of nitrogens with zero attached hydrogens (tertiary/aromatic N) is 3. The molecule has 7 heteroatoms. The van der Waals surface area contributed by atoms with Crippen molar-refractivity contribution in [2.45, 2.75) is 39.7 Å². The van der Waals surface area contributed by atoms with E-state index in [2.05, 4.69) is 30.4 Å². The number of likely N-dealkylation sites (tertiary alicyclic amines) is 1. The summed E-state index contributed by atoms with van der Waals surface area (Å²) < 4.78 is 0. The highest BCUT2D eigenvalue weighted by Crippen LogP contribution is 2.34. The molecule has 0 spiro atoms. The number of nitrogens with one attached hydrogen (secondary N) is 1. The fourth-order valence-corrected chi connectivity index (χ4v) is 4.37. The number of carbonyl (C=O) groups is 3. The lowest BCUT2D eigenvalue weighted by Gasteiger charge is -2.42. The number of urea groups is 1. The maximum absolute atomic E-state index is 13.1. The van der Waals surface area contributed by atoms with Crippen LogP contribution in [0.2, 0.25) is 0 Å². The van der Waals surface area contributed by atoms with Crippen molar-refractivity contribution in [2.24, 2.45) is 5.92 Å². The Bertz CT molecular complexity index is 758. The number of amides is 4. The molecule has 29 heavy (non-hydrogen) atoms. The first kappa shape index (κ1) is 21.1. The monoisotopic (exact) mass is 400 g/mol.